The molecule has 0 aromatic carbocycles. The van der Waals surface area contributed by atoms with Crippen LogP contribution in [0.5, 0.6) is 0 Å². The first-order chi connectivity index (χ1) is 9.52. The molecule has 0 aromatic rings. The van der Waals surface area contributed by atoms with Crippen molar-refractivity contribution in [1.29, 1.82) is 0 Å². The number of halogens is 10. The smallest absolute Gasteiger partial charge is 0.371 e. The Kier molecular flexibility index (Phi) is 5.89. The van der Waals surface area contributed by atoms with Crippen LogP contribution in [-0.2, 0) is 4.74 Å². The maximum absolute atomic E-state index is 12.9. The summed E-state index contributed by atoms with van der Waals surface area (Å²) in [6.07, 6.45) is -5.62. The maximum Gasteiger partial charge on any atom is 0.424 e. The lowest BCUT2D eigenvalue weighted by molar-refractivity contribution is -0.405. The predicted octanol–water partition coefficient (Wildman–Crippen LogP) is 2.82. The van der Waals surface area contributed by atoms with Gasteiger partial charge in [0.2, 0.25) is 0 Å². The van der Waals surface area contributed by atoms with Crippen LogP contribution >= 0.6 is 0 Å². The van der Waals surface area contributed by atoms with Crippen molar-refractivity contribution in [3.63, 3.8) is 0 Å². The molecule has 0 heterocycles. The van der Waals surface area contributed by atoms with Crippen LogP contribution in [0.2, 0.25) is 0 Å². The molecule has 0 radical (unpaired) electrons. The Bertz CT molecular complexity index is 392. The van der Waals surface area contributed by atoms with Crippen molar-refractivity contribution < 1.29 is 53.7 Å². The summed E-state index contributed by atoms with van der Waals surface area (Å²) in [5, 5.41) is 6.72. The molecule has 0 atom stereocenters. The molecule has 0 aliphatic carbocycles. The van der Waals surface area contributed by atoms with E-state index in [1.807, 2.05) is 0 Å². The maximum atomic E-state index is 12.9. The fourth-order valence-corrected chi connectivity index (χ4v) is 0.917. The van der Waals surface area contributed by atoms with Gasteiger partial charge in [-0.15, -0.1) is 6.58 Å². The number of hydrogen-bond acceptors (Lipinski definition) is 3. The van der Waals surface area contributed by atoms with Crippen LogP contribution in [-0.4, -0.2) is 48.4 Å². The van der Waals surface area contributed by atoms with Crippen molar-refractivity contribution in [3.05, 3.63) is 12.7 Å². The zero-order valence-electron chi connectivity index (χ0n) is 10.3. The number of alkyl halides is 10. The van der Waals surface area contributed by atoms with Gasteiger partial charge in [0.25, 0.3) is 0 Å². The minimum absolute atomic E-state index is 0.701. The van der Waals surface area contributed by atoms with Crippen molar-refractivity contribution in [2.75, 3.05) is 13.2 Å². The molecule has 0 fully saturated rings. The van der Waals surface area contributed by atoms with Gasteiger partial charge in [-0.05, 0) is 0 Å². The molecule has 0 amide bonds. The van der Waals surface area contributed by atoms with Crippen LogP contribution in [0.25, 0.3) is 0 Å². The molecule has 0 bridgehead atoms. The normalized spacial score (nSPS) is 15.0. The van der Waals surface area contributed by atoms with E-state index in [9.17, 15) is 43.9 Å². The van der Waals surface area contributed by atoms with Gasteiger partial charge in [-0.2, -0.15) is 49.2 Å². The summed E-state index contributed by atoms with van der Waals surface area (Å²) < 4.78 is 130. The summed E-state index contributed by atoms with van der Waals surface area (Å²) in [6.45, 7) is 0.0582. The van der Waals surface area contributed by atoms with Crippen LogP contribution < -0.4 is 5.32 Å². The van der Waals surface area contributed by atoms with Gasteiger partial charge in [0, 0.05) is 0 Å². The number of ether oxygens (including phenoxy) is 1. The zero-order valence-corrected chi connectivity index (χ0v) is 10.3. The summed E-state index contributed by atoms with van der Waals surface area (Å²) in [5.41, 5.74) is 0. The molecule has 0 spiro atoms. The molecule has 0 aliphatic heterocycles. The minimum Gasteiger partial charge on any atom is -0.371 e. The lowest BCUT2D eigenvalue weighted by Gasteiger charge is -2.35. The third-order valence-corrected chi connectivity index (χ3v) is 2.06. The molecule has 0 rings (SSSR count). The highest BCUT2D eigenvalue weighted by Crippen LogP contribution is 2.45. The molecular formula is C9H9F10NO2. The lowest BCUT2D eigenvalue weighted by atomic mass is 10.2. The first-order valence-electron chi connectivity index (χ1n) is 5.11. The highest BCUT2D eigenvalue weighted by molar-refractivity contribution is 4.94. The number of aliphatic hydroxyl groups is 1. The fraction of sp³-hybridized carbons (Fsp3) is 0.778. The van der Waals surface area contributed by atoms with E-state index in [0.29, 0.717) is 0 Å². The number of rotatable bonds is 9. The summed E-state index contributed by atoms with van der Waals surface area (Å²) in [5.74, 6) is -12.2. The highest BCUT2D eigenvalue weighted by atomic mass is 19.4. The first kappa shape index (κ1) is 20.9. The van der Waals surface area contributed by atoms with Gasteiger partial charge in [0.05, 0.1) is 6.61 Å². The summed E-state index contributed by atoms with van der Waals surface area (Å²) in [4.78, 5) is 0. The van der Waals surface area contributed by atoms with E-state index in [1.165, 1.54) is 0 Å². The van der Waals surface area contributed by atoms with Crippen LogP contribution in [0.1, 0.15) is 0 Å². The Hall–Kier alpha value is -1.08. The molecule has 22 heavy (non-hydrogen) atoms. The number of hydrogen-bond donors (Lipinski definition) is 2. The van der Waals surface area contributed by atoms with E-state index in [1.54, 1.807) is 0 Å². The van der Waals surface area contributed by atoms with E-state index in [4.69, 9.17) is 5.11 Å². The third-order valence-electron chi connectivity index (χ3n) is 2.06. The molecule has 0 aliphatic rings. The SMILES string of the molecule is C=CCOCC(F)(F)C(F)(F)NC(F)(F)C(F)(F)C(O)(F)F. The van der Waals surface area contributed by atoms with Gasteiger partial charge in [-0.25, -0.2) is 0 Å². The van der Waals surface area contributed by atoms with Crippen LogP contribution in [0.15, 0.2) is 12.7 Å². The Morgan fingerprint density at radius 3 is 1.73 bits per heavy atom. The molecule has 0 saturated carbocycles. The summed E-state index contributed by atoms with van der Waals surface area (Å²) in [6, 6.07) is -12.6. The second-order valence-corrected chi connectivity index (χ2v) is 3.90. The Labute approximate surface area is 116 Å². The predicted molar refractivity (Wildman–Crippen MR) is 51.1 cm³/mol. The van der Waals surface area contributed by atoms with E-state index in [0.717, 1.165) is 6.08 Å². The molecule has 0 unspecified atom stereocenters. The topological polar surface area (TPSA) is 41.5 Å². The van der Waals surface area contributed by atoms with Crippen molar-refractivity contribution in [1.82, 2.24) is 5.32 Å². The van der Waals surface area contributed by atoms with Crippen LogP contribution in [0.3, 0.4) is 0 Å². The standard InChI is InChI=1S/C9H9F10NO2/c1-2-3-22-4-5(10,11)7(14,15)20-8(16,17)6(12,13)9(18,19)21/h2,20-21H,1,3-4H2. The Morgan fingerprint density at radius 1 is 0.909 bits per heavy atom. The van der Waals surface area contributed by atoms with Gasteiger partial charge in [-0.1, -0.05) is 6.08 Å². The average Bonchev–Trinajstić information content (AvgIpc) is 2.25. The summed E-state index contributed by atoms with van der Waals surface area (Å²) >= 11 is 0. The highest BCUT2D eigenvalue weighted by Gasteiger charge is 2.75. The van der Waals surface area contributed by atoms with Crippen molar-refractivity contribution >= 4 is 0 Å². The fourth-order valence-electron chi connectivity index (χ4n) is 0.917. The second kappa shape index (κ2) is 6.20. The van der Waals surface area contributed by atoms with Crippen molar-refractivity contribution in [2.45, 2.75) is 30.0 Å². The first-order valence-corrected chi connectivity index (χ1v) is 5.11. The van der Waals surface area contributed by atoms with E-state index < -0.39 is 48.6 Å². The van der Waals surface area contributed by atoms with Gasteiger partial charge in [0.15, 0.2) is 0 Å². The molecule has 2 N–H and O–H groups in total. The minimum atomic E-state index is -6.79. The molecular weight excluding hydrogens is 344 g/mol. The summed E-state index contributed by atoms with van der Waals surface area (Å²) in [7, 11) is 0. The molecule has 132 valence electrons. The Balaban J connectivity index is 5.28. The third kappa shape index (κ3) is 4.23. The van der Waals surface area contributed by atoms with Gasteiger partial charge in [-0.3, -0.25) is 0 Å². The Morgan fingerprint density at radius 2 is 1.36 bits per heavy atom. The molecule has 3 nitrogen and oxygen atoms in total. The molecule has 0 saturated heterocycles. The largest absolute Gasteiger partial charge is 0.424 e. The van der Waals surface area contributed by atoms with Gasteiger partial charge < -0.3 is 9.84 Å². The average molecular weight is 353 g/mol. The monoisotopic (exact) mass is 353 g/mol. The second-order valence-electron chi connectivity index (χ2n) is 3.90. The van der Waals surface area contributed by atoms with Crippen LogP contribution in [0.4, 0.5) is 43.9 Å². The van der Waals surface area contributed by atoms with Crippen molar-refractivity contribution in [2.24, 2.45) is 0 Å². The number of nitrogens with one attached hydrogen (secondary N) is 1. The van der Waals surface area contributed by atoms with E-state index >= 15 is 0 Å². The molecule has 0 aromatic heterocycles. The van der Waals surface area contributed by atoms with Crippen molar-refractivity contribution in [3.8, 4) is 0 Å². The van der Waals surface area contributed by atoms with E-state index in [-0.39, 0.29) is 0 Å². The van der Waals surface area contributed by atoms with Gasteiger partial charge >= 0.3 is 30.0 Å². The zero-order chi connectivity index (χ0) is 18.0. The van der Waals surface area contributed by atoms with Gasteiger partial charge in [0.1, 0.15) is 6.61 Å². The lowest BCUT2D eigenvalue weighted by Crippen LogP contribution is -2.68. The molecule has 13 heteroatoms. The van der Waals surface area contributed by atoms with Crippen LogP contribution in [0, 0.1) is 0 Å². The quantitative estimate of drug-likeness (QED) is 0.290. The van der Waals surface area contributed by atoms with E-state index in [2.05, 4.69) is 11.3 Å².